The highest BCUT2D eigenvalue weighted by Crippen LogP contribution is 2.27. The Morgan fingerprint density at radius 2 is 1.80 bits per heavy atom. The molecule has 2 nitrogen and oxygen atoms in total. The van der Waals surface area contributed by atoms with Crippen molar-refractivity contribution in [2.24, 2.45) is 5.73 Å². The molecular weight excluding hydrogens is 186 g/mol. The Labute approximate surface area is 92.1 Å². The van der Waals surface area contributed by atoms with E-state index in [1.54, 1.807) is 12.1 Å². The summed E-state index contributed by atoms with van der Waals surface area (Å²) in [4.78, 5) is 0. The standard InChI is InChI=1S/C13H21NO/c1-4-5-6-12(14)13-9(2)7-11(15)8-10(13)3/h7-8,12,15H,4-6,14H2,1-3H3/t12-/m0/s1. The molecule has 0 bridgehead atoms. The fraction of sp³-hybridized carbons (Fsp3) is 0.538. The first-order valence-electron chi connectivity index (χ1n) is 5.62. The van der Waals surface area contributed by atoms with Crippen LogP contribution in [0.15, 0.2) is 12.1 Å². The lowest BCUT2D eigenvalue weighted by molar-refractivity contribution is 0.473. The van der Waals surface area contributed by atoms with Gasteiger partial charge in [-0.2, -0.15) is 0 Å². The molecule has 0 saturated carbocycles. The average molecular weight is 207 g/mol. The first-order valence-corrected chi connectivity index (χ1v) is 5.62. The van der Waals surface area contributed by atoms with E-state index in [1.807, 2.05) is 13.8 Å². The summed E-state index contributed by atoms with van der Waals surface area (Å²) in [6, 6.07) is 3.67. The predicted octanol–water partition coefficient (Wildman–Crippen LogP) is 3.20. The second kappa shape index (κ2) is 5.17. The van der Waals surface area contributed by atoms with Crippen molar-refractivity contribution in [1.82, 2.24) is 0 Å². The van der Waals surface area contributed by atoms with Gasteiger partial charge in [0.2, 0.25) is 0 Å². The van der Waals surface area contributed by atoms with Crippen LogP contribution in [0, 0.1) is 13.8 Å². The van der Waals surface area contributed by atoms with Crippen LogP contribution in [-0.4, -0.2) is 5.11 Å². The Balaban J connectivity index is 2.92. The first kappa shape index (κ1) is 12.1. The van der Waals surface area contributed by atoms with Crippen molar-refractivity contribution in [1.29, 1.82) is 0 Å². The van der Waals surface area contributed by atoms with Gasteiger partial charge in [-0.15, -0.1) is 0 Å². The lowest BCUT2D eigenvalue weighted by atomic mass is 9.93. The number of phenols is 1. The molecule has 84 valence electrons. The molecule has 0 radical (unpaired) electrons. The van der Waals surface area contributed by atoms with Crippen molar-refractivity contribution < 1.29 is 5.11 Å². The van der Waals surface area contributed by atoms with Crippen molar-refractivity contribution in [2.45, 2.75) is 46.1 Å². The van der Waals surface area contributed by atoms with E-state index in [0.29, 0.717) is 5.75 Å². The van der Waals surface area contributed by atoms with E-state index in [2.05, 4.69) is 6.92 Å². The molecule has 0 spiro atoms. The number of aryl methyl sites for hydroxylation is 2. The van der Waals surface area contributed by atoms with Crippen LogP contribution >= 0.6 is 0 Å². The van der Waals surface area contributed by atoms with Gasteiger partial charge in [0.1, 0.15) is 5.75 Å². The van der Waals surface area contributed by atoms with Gasteiger partial charge < -0.3 is 10.8 Å². The lowest BCUT2D eigenvalue weighted by Gasteiger charge is -2.17. The molecule has 0 unspecified atom stereocenters. The van der Waals surface area contributed by atoms with Gasteiger partial charge in [0.05, 0.1) is 0 Å². The van der Waals surface area contributed by atoms with Gasteiger partial charge in [-0.05, 0) is 49.1 Å². The molecule has 0 aliphatic carbocycles. The van der Waals surface area contributed by atoms with Crippen molar-refractivity contribution in [3.63, 3.8) is 0 Å². The number of hydrogen-bond donors (Lipinski definition) is 2. The van der Waals surface area contributed by atoms with Crippen LogP contribution in [0.25, 0.3) is 0 Å². The van der Waals surface area contributed by atoms with Crippen LogP contribution < -0.4 is 5.73 Å². The number of phenolic OH excluding ortho intramolecular Hbond substituents is 1. The number of benzene rings is 1. The molecule has 0 aromatic heterocycles. The number of nitrogens with two attached hydrogens (primary N) is 1. The van der Waals surface area contributed by atoms with Gasteiger partial charge in [-0.25, -0.2) is 0 Å². The molecule has 0 aliphatic heterocycles. The summed E-state index contributed by atoms with van der Waals surface area (Å²) in [5.74, 6) is 0.330. The molecule has 0 saturated heterocycles. The fourth-order valence-electron chi connectivity index (χ4n) is 2.11. The van der Waals surface area contributed by atoms with Crippen LogP contribution in [0.2, 0.25) is 0 Å². The third-order valence-corrected chi connectivity index (χ3v) is 2.82. The minimum absolute atomic E-state index is 0.102. The number of unbranched alkanes of at least 4 members (excludes halogenated alkanes) is 1. The summed E-state index contributed by atoms with van der Waals surface area (Å²) in [5, 5.41) is 9.44. The highest BCUT2D eigenvalue weighted by Gasteiger charge is 2.12. The third kappa shape index (κ3) is 2.96. The van der Waals surface area contributed by atoms with Crippen molar-refractivity contribution in [3.05, 3.63) is 28.8 Å². The summed E-state index contributed by atoms with van der Waals surface area (Å²) in [5.41, 5.74) is 9.53. The molecule has 1 rings (SSSR count). The van der Waals surface area contributed by atoms with Crippen LogP contribution in [0.4, 0.5) is 0 Å². The molecule has 0 aliphatic rings. The van der Waals surface area contributed by atoms with E-state index in [-0.39, 0.29) is 6.04 Å². The Bertz CT molecular complexity index is 310. The number of rotatable bonds is 4. The summed E-state index contributed by atoms with van der Waals surface area (Å²) in [6.45, 7) is 6.19. The van der Waals surface area contributed by atoms with Gasteiger partial charge in [0, 0.05) is 6.04 Å². The van der Waals surface area contributed by atoms with E-state index < -0.39 is 0 Å². The summed E-state index contributed by atoms with van der Waals surface area (Å²) < 4.78 is 0. The smallest absolute Gasteiger partial charge is 0.116 e. The first-order chi connectivity index (χ1) is 7.06. The second-order valence-corrected chi connectivity index (χ2v) is 4.24. The quantitative estimate of drug-likeness (QED) is 0.796. The minimum atomic E-state index is 0.102. The molecule has 3 N–H and O–H groups in total. The van der Waals surface area contributed by atoms with Crippen molar-refractivity contribution in [3.8, 4) is 5.75 Å². The molecule has 15 heavy (non-hydrogen) atoms. The van der Waals surface area contributed by atoms with Gasteiger partial charge in [-0.3, -0.25) is 0 Å². The topological polar surface area (TPSA) is 46.2 Å². The highest BCUT2D eigenvalue weighted by atomic mass is 16.3. The zero-order valence-electron chi connectivity index (χ0n) is 9.88. The number of hydrogen-bond acceptors (Lipinski definition) is 2. The van der Waals surface area contributed by atoms with Gasteiger partial charge in [0.25, 0.3) is 0 Å². The van der Waals surface area contributed by atoms with Gasteiger partial charge in [0.15, 0.2) is 0 Å². The molecule has 2 heteroatoms. The molecule has 0 amide bonds. The van der Waals surface area contributed by atoms with E-state index in [0.717, 1.165) is 24.0 Å². The summed E-state index contributed by atoms with van der Waals surface area (Å²) in [7, 11) is 0. The van der Waals surface area contributed by atoms with Crippen molar-refractivity contribution >= 4 is 0 Å². The SMILES string of the molecule is CCCC[C@H](N)c1c(C)cc(O)cc1C. The highest BCUT2D eigenvalue weighted by molar-refractivity contribution is 5.42. The van der Waals surface area contributed by atoms with Gasteiger partial charge >= 0.3 is 0 Å². The lowest BCUT2D eigenvalue weighted by Crippen LogP contribution is -2.13. The average Bonchev–Trinajstić information content (AvgIpc) is 2.12. The Morgan fingerprint density at radius 3 is 2.27 bits per heavy atom. The van der Waals surface area contributed by atoms with Crippen molar-refractivity contribution in [2.75, 3.05) is 0 Å². The van der Waals surface area contributed by atoms with Crippen LogP contribution in [0.3, 0.4) is 0 Å². The Hall–Kier alpha value is -1.02. The van der Waals surface area contributed by atoms with Gasteiger partial charge in [-0.1, -0.05) is 19.8 Å². The molecule has 1 aromatic carbocycles. The maximum absolute atomic E-state index is 9.44. The van der Waals surface area contributed by atoms with Crippen LogP contribution in [0.5, 0.6) is 5.75 Å². The number of aromatic hydroxyl groups is 1. The van der Waals surface area contributed by atoms with E-state index in [4.69, 9.17) is 5.73 Å². The predicted molar refractivity (Wildman–Crippen MR) is 64.0 cm³/mol. The maximum atomic E-state index is 9.44. The monoisotopic (exact) mass is 207 g/mol. The van der Waals surface area contributed by atoms with E-state index >= 15 is 0 Å². The molecule has 0 fully saturated rings. The third-order valence-electron chi connectivity index (χ3n) is 2.82. The molecular formula is C13H21NO. The van der Waals surface area contributed by atoms with E-state index in [9.17, 15) is 5.11 Å². The van der Waals surface area contributed by atoms with E-state index in [1.165, 1.54) is 12.0 Å². The molecule has 1 atom stereocenters. The zero-order chi connectivity index (χ0) is 11.4. The Kier molecular flexibility index (Phi) is 4.15. The largest absolute Gasteiger partial charge is 0.508 e. The Morgan fingerprint density at radius 1 is 1.27 bits per heavy atom. The van der Waals surface area contributed by atoms with Crippen LogP contribution in [0.1, 0.15) is 48.9 Å². The van der Waals surface area contributed by atoms with Crippen LogP contribution in [-0.2, 0) is 0 Å². The minimum Gasteiger partial charge on any atom is -0.508 e. The zero-order valence-corrected chi connectivity index (χ0v) is 9.88. The fourth-order valence-corrected chi connectivity index (χ4v) is 2.11. The normalized spacial score (nSPS) is 12.8. The summed E-state index contributed by atoms with van der Waals surface area (Å²) in [6.07, 6.45) is 3.34. The second-order valence-electron chi connectivity index (χ2n) is 4.24. The summed E-state index contributed by atoms with van der Waals surface area (Å²) >= 11 is 0. The molecule has 0 heterocycles. The molecule has 1 aromatic rings. The maximum Gasteiger partial charge on any atom is 0.116 e.